The first kappa shape index (κ1) is 14.0. The Morgan fingerprint density at radius 2 is 2.00 bits per heavy atom. The van der Waals surface area contributed by atoms with E-state index in [2.05, 4.69) is 5.10 Å². The van der Waals surface area contributed by atoms with Crippen LogP contribution < -0.4 is 10.5 Å². The van der Waals surface area contributed by atoms with E-state index < -0.39 is 0 Å². The predicted molar refractivity (Wildman–Crippen MR) is 87.9 cm³/mol. The molecular weight excluding hydrogens is 306 g/mol. The molecule has 0 aliphatic carbocycles. The summed E-state index contributed by atoms with van der Waals surface area (Å²) in [7, 11) is 3.47. The first-order valence-electron chi connectivity index (χ1n) is 6.33. The zero-order valence-electron chi connectivity index (χ0n) is 11.6. The lowest BCUT2D eigenvalue weighted by atomic mass is 10.0. The number of rotatable bonds is 3. The second-order valence-electron chi connectivity index (χ2n) is 4.54. The van der Waals surface area contributed by atoms with Gasteiger partial charge in [0.2, 0.25) is 0 Å². The molecule has 2 N–H and O–H groups in total. The van der Waals surface area contributed by atoms with Crippen LogP contribution in [0.4, 0.5) is 5.82 Å². The molecule has 0 bridgehead atoms. The summed E-state index contributed by atoms with van der Waals surface area (Å²) in [6, 6.07) is 11.6. The lowest BCUT2D eigenvalue weighted by Crippen LogP contribution is -1.98. The standard InChI is InChI=1S/C15H14ClN3OS/c1-19-15(17)13(9-5-3-4-6-10(9)20-2)14(18-19)11-7-8-12(16)21-11/h3-8H,17H2,1-2H3. The first-order valence-corrected chi connectivity index (χ1v) is 7.53. The number of thiophene rings is 1. The maximum atomic E-state index is 6.22. The van der Waals surface area contributed by atoms with Gasteiger partial charge in [0, 0.05) is 12.6 Å². The minimum absolute atomic E-state index is 0.596. The van der Waals surface area contributed by atoms with Gasteiger partial charge in [-0.3, -0.25) is 4.68 Å². The fourth-order valence-corrected chi connectivity index (χ4v) is 3.30. The van der Waals surface area contributed by atoms with Gasteiger partial charge >= 0.3 is 0 Å². The van der Waals surface area contributed by atoms with E-state index >= 15 is 0 Å². The molecule has 3 rings (SSSR count). The molecule has 0 aliphatic heterocycles. The van der Waals surface area contributed by atoms with Crippen molar-refractivity contribution in [2.75, 3.05) is 12.8 Å². The number of methoxy groups -OCH3 is 1. The topological polar surface area (TPSA) is 53.1 Å². The van der Waals surface area contributed by atoms with Gasteiger partial charge in [-0.05, 0) is 18.2 Å². The second-order valence-corrected chi connectivity index (χ2v) is 6.25. The Balaban J connectivity index is 2.27. The number of aromatic nitrogens is 2. The van der Waals surface area contributed by atoms with Crippen molar-refractivity contribution < 1.29 is 4.74 Å². The molecular formula is C15H14ClN3OS. The lowest BCUT2D eigenvalue weighted by Gasteiger charge is -2.09. The van der Waals surface area contributed by atoms with Gasteiger partial charge in [-0.15, -0.1) is 11.3 Å². The van der Waals surface area contributed by atoms with E-state index in [9.17, 15) is 0 Å². The quantitative estimate of drug-likeness (QED) is 0.792. The van der Waals surface area contributed by atoms with Crippen LogP contribution in [0.15, 0.2) is 36.4 Å². The molecule has 108 valence electrons. The Labute approximate surface area is 131 Å². The van der Waals surface area contributed by atoms with E-state index in [1.807, 2.05) is 43.4 Å². The van der Waals surface area contributed by atoms with Gasteiger partial charge in [0.25, 0.3) is 0 Å². The normalized spacial score (nSPS) is 10.8. The molecule has 0 spiro atoms. The summed E-state index contributed by atoms with van der Waals surface area (Å²) in [4.78, 5) is 0.980. The Kier molecular flexibility index (Phi) is 3.61. The molecule has 0 saturated heterocycles. The fourth-order valence-electron chi connectivity index (χ4n) is 2.27. The van der Waals surface area contributed by atoms with Crippen molar-refractivity contribution in [3.63, 3.8) is 0 Å². The Bertz CT molecular complexity index is 794. The van der Waals surface area contributed by atoms with Crippen molar-refractivity contribution >= 4 is 28.8 Å². The zero-order chi connectivity index (χ0) is 15.0. The second kappa shape index (κ2) is 5.42. The number of nitrogens with two attached hydrogens (primary N) is 1. The third kappa shape index (κ3) is 2.39. The van der Waals surface area contributed by atoms with Crippen LogP contribution in [-0.4, -0.2) is 16.9 Å². The average molecular weight is 320 g/mol. The van der Waals surface area contributed by atoms with E-state index in [4.69, 9.17) is 22.1 Å². The molecule has 0 saturated carbocycles. The van der Waals surface area contributed by atoms with Crippen molar-refractivity contribution in [2.24, 2.45) is 7.05 Å². The summed E-state index contributed by atoms with van der Waals surface area (Å²) >= 11 is 7.52. The third-order valence-electron chi connectivity index (χ3n) is 3.27. The predicted octanol–water partition coefficient (Wildman–Crippen LogP) is 4.06. The molecule has 0 radical (unpaired) electrons. The van der Waals surface area contributed by atoms with E-state index in [1.165, 1.54) is 11.3 Å². The summed E-state index contributed by atoms with van der Waals surface area (Å²) in [5.41, 5.74) is 8.83. The molecule has 2 aromatic heterocycles. The van der Waals surface area contributed by atoms with Gasteiger partial charge < -0.3 is 10.5 Å². The van der Waals surface area contributed by atoms with Crippen molar-refractivity contribution in [3.05, 3.63) is 40.7 Å². The van der Waals surface area contributed by atoms with Crippen molar-refractivity contribution in [3.8, 4) is 27.4 Å². The van der Waals surface area contributed by atoms with Crippen LogP contribution in [0.25, 0.3) is 21.7 Å². The monoisotopic (exact) mass is 319 g/mol. The Morgan fingerprint density at radius 1 is 1.24 bits per heavy atom. The first-order chi connectivity index (χ1) is 10.1. The summed E-state index contributed by atoms with van der Waals surface area (Å²) in [6.07, 6.45) is 0. The number of anilines is 1. The molecule has 6 heteroatoms. The summed E-state index contributed by atoms with van der Waals surface area (Å²) in [6.45, 7) is 0. The minimum atomic E-state index is 0.596. The number of hydrogen-bond acceptors (Lipinski definition) is 4. The van der Waals surface area contributed by atoms with Crippen LogP contribution in [0, 0.1) is 0 Å². The molecule has 3 aromatic rings. The van der Waals surface area contributed by atoms with E-state index in [1.54, 1.807) is 11.8 Å². The van der Waals surface area contributed by atoms with Gasteiger partial charge in [-0.1, -0.05) is 29.8 Å². The molecule has 0 fully saturated rings. The molecule has 0 amide bonds. The van der Waals surface area contributed by atoms with Gasteiger partial charge in [-0.25, -0.2) is 0 Å². The number of hydrogen-bond donors (Lipinski definition) is 1. The molecule has 4 nitrogen and oxygen atoms in total. The smallest absolute Gasteiger partial charge is 0.130 e. The summed E-state index contributed by atoms with van der Waals surface area (Å²) < 4.78 is 7.84. The largest absolute Gasteiger partial charge is 0.496 e. The lowest BCUT2D eigenvalue weighted by molar-refractivity contribution is 0.416. The number of nitrogen functional groups attached to an aromatic ring is 1. The van der Waals surface area contributed by atoms with Crippen LogP contribution in [-0.2, 0) is 7.05 Å². The van der Waals surface area contributed by atoms with E-state index in [0.717, 1.165) is 31.8 Å². The highest BCUT2D eigenvalue weighted by atomic mass is 35.5. The molecule has 0 aliphatic rings. The Hall–Kier alpha value is -1.98. The number of para-hydroxylation sites is 1. The maximum Gasteiger partial charge on any atom is 0.130 e. The molecule has 21 heavy (non-hydrogen) atoms. The summed E-state index contributed by atoms with van der Waals surface area (Å²) in [5.74, 6) is 1.36. The highest BCUT2D eigenvalue weighted by Gasteiger charge is 2.21. The molecule has 1 aromatic carbocycles. The maximum absolute atomic E-state index is 6.22. The minimum Gasteiger partial charge on any atom is -0.496 e. The number of halogens is 1. The van der Waals surface area contributed by atoms with E-state index in [-0.39, 0.29) is 0 Å². The van der Waals surface area contributed by atoms with Crippen LogP contribution in [0.2, 0.25) is 4.34 Å². The highest BCUT2D eigenvalue weighted by Crippen LogP contribution is 2.42. The van der Waals surface area contributed by atoms with Crippen molar-refractivity contribution in [1.29, 1.82) is 0 Å². The zero-order valence-corrected chi connectivity index (χ0v) is 13.2. The van der Waals surface area contributed by atoms with Crippen LogP contribution >= 0.6 is 22.9 Å². The Morgan fingerprint density at radius 3 is 2.67 bits per heavy atom. The van der Waals surface area contributed by atoms with Crippen LogP contribution in [0.3, 0.4) is 0 Å². The van der Waals surface area contributed by atoms with E-state index in [0.29, 0.717) is 5.82 Å². The SMILES string of the molecule is COc1ccccc1-c1c(-c2ccc(Cl)s2)nn(C)c1N. The van der Waals surface area contributed by atoms with Gasteiger partial charge in [0.15, 0.2) is 0 Å². The average Bonchev–Trinajstić information content (AvgIpc) is 3.04. The van der Waals surface area contributed by atoms with Crippen LogP contribution in [0.5, 0.6) is 5.75 Å². The number of ether oxygens (including phenoxy) is 1. The highest BCUT2D eigenvalue weighted by molar-refractivity contribution is 7.19. The number of benzene rings is 1. The van der Waals surface area contributed by atoms with Crippen LogP contribution in [0.1, 0.15) is 0 Å². The molecule has 0 unspecified atom stereocenters. The molecule has 2 heterocycles. The number of nitrogens with zero attached hydrogens (tertiary/aromatic N) is 2. The summed E-state index contributed by atoms with van der Waals surface area (Å²) in [5, 5.41) is 4.53. The van der Waals surface area contributed by atoms with Gasteiger partial charge in [-0.2, -0.15) is 5.10 Å². The number of aryl methyl sites for hydroxylation is 1. The van der Waals surface area contributed by atoms with Gasteiger partial charge in [0.1, 0.15) is 17.3 Å². The fraction of sp³-hybridized carbons (Fsp3) is 0.133. The van der Waals surface area contributed by atoms with Gasteiger partial charge in [0.05, 0.1) is 21.9 Å². The molecule has 0 atom stereocenters. The van der Waals surface area contributed by atoms with Crippen molar-refractivity contribution in [2.45, 2.75) is 0 Å². The van der Waals surface area contributed by atoms with Crippen molar-refractivity contribution in [1.82, 2.24) is 9.78 Å². The third-order valence-corrected chi connectivity index (χ3v) is 4.51.